The molecule has 0 spiro atoms. The molecular weight excluding hydrogens is 198 g/mol. The molecule has 82 valence electrons. The molecule has 0 amide bonds. The molecule has 0 fully saturated rings. The van der Waals surface area contributed by atoms with E-state index < -0.39 is 0 Å². The smallest absolute Gasteiger partial charge is 0.0592 e. The minimum Gasteiger partial charge on any atom is -0.398 e. The molecule has 16 heavy (non-hydrogen) atoms. The Morgan fingerprint density at radius 1 is 0.688 bits per heavy atom. The summed E-state index contributed by atoms with van der Waals surface area (Å²) in [5.74, 6) is 0. The average molecular weight is 213 g/mol. The molecule has 0 aromatic heterocycles. The summed E-state index contributed by atoms with van der Waals surface area (Å²) in [6.45, 7) is 0. The minimum absolute atomic E-state index is 0.276. The lowest BCUT2D eigenvalue weighted by molar-refractivity contribution is 0.878. The van der Waals surface area contributed by atoms with E-state index in [9.17, 15) is 0 Å². The second-order valence-corrected chi connectivity index (χ2v) is 3.74. The van der Waals surface area contributed by atoms with Gasteiger partial charge in [-0.2, -0.15) is 0 Å². The zero-order chi connectivity index (χ0) is 11.5. The van der Waals surface area contributed by atoms with Gasteiger partial charge >= 0.3 is 0 Å². The number of anilines is 2. The first-order chi connectivity index (χ1) is 7.70. The number of hydrogen-bond donors (Lipinski definition) is 3. The van der Waals surface area contributed by atoms with Gasteiger partial charge in [0.05, 0.1) is 6.04 Å². The molecule has 2 rings (SSSR count). The molecule has 0 radical (unpaired) electrons. The highest BCUT2D eigenvalue weighted by Crippen LogP contribution is 2.27. The predicted octanol–water partition coefficient (Wildman–Crippen LogP) is 1.90. The third-order valence-electron chi connectivity index (χ3n) is 2.66. The molecule has 0 unspecified atom stereocenters. The molecule has 0 aliphatic heterocycles. The average Bonchev–Trinajstić information content (AvgIpc) is 2.29. The van der Waals surface area contributed by atoms with Crippen LogP contribution >= 0.6 is 0 Å². The van der Waals surface area contributed by atoms with Crippen LogP contribution in [0.5, 0.6) is 0 Å². The Labute approximate surface area is 94.9 Å². The number of nitrogen functional groups attached to an aromatic ring is 2. The lowest BCUT2D eigenvalue weighted by atomic mass is 9.97. The van der Waals surface area contributed by atoms with Crippen molar-refractivity contribution in [1.29, 1.82) is 0 Å². The summed E-state index contributed by atoms with van der Waals surface area (Å²) in [6.07, 6.45) is 0. The molecule has 3 heteroatoms. The van der Waals surface area contributed by atoms with Crippen LogP contribution in [0.15, 0.2) is 48.5 Å². The fraction of sp³-hybridized carbons (Fsp3) is 0.0769. The number of rotatable bonds is 2. The van der Waals surface area contributed by atoms with Crippen molar-refractivity contribution >= 4 is 11.4 Å². The van der Waals surface area contributed by atoms with Crippen LogP contribution in [0.4, 0.5) is 11.4 Å². The summed E-state index contributed by atoms with van der Waals surface area (Å²) in [5.41, 5.74) is 21.1. The van der Waals surface area contributed by atoms with Crippen LogP contribution < -0.4 is 17.2 Å². The first kappa shape index (κ1) is 10.5. The third-order valence-corrected chi connectivity index (χ3v) is 2.66. The van der Waals surface area contributed by atoms with Gasteiger partial charge in [0, 0.05) is 11.4 Å². The first-order valence-corrected chi connectivity index (χ1v) is 5.14. The van der Waals surface area contributed by atoms with Gasteiger partial charge in [-0.25, -0.2) is 0 Å². The normalized spacial score (nSPS) is 10.6. The van der Waals surface area contributed by atoms with Gasteiger partial charge in [0.2, 0.25) is 0 Å². The Bertz CT molecular complexity index is 449. The van der Waals surface area contributed by atoms with Gasteiger partial charge in [-0.05, 0) is 23.3 Å². The Balaban J connectivity index is 2.44. The van der Waals surface area contributed by atoms with E-state index in [-0.39, 0.29) is 6.04 Å². The second-order valence-electron chi connectivity index (χ2n) is 3.74. The molecule has 0 atom stereocenters. The maximum atomic E-state index is 6.16. The highest BCUT2D eigenvalue weighted by Gasteiger charge is 2.13. The van der Waals surface area contributed by atoms with Crippen molar-refractivity contribution in [2.24, 2.45) is 5.73 Å². The van der Waals surface area contributed by atoms with Crippen LogP contribution in [0.25, 0.3) is 0 Å². The Kier molecular flexibility index (Phi) is 2.79. The summed E-state index contributed by atoms with van der Waals surface area (Å²) >= 11 is 0. The van der Waals surface area contributed by atoms with Crippen LogP contribution in [0, 0.1) is 0 Å². The van der Waals surface area contributed by atoms with Crippen LogP contribution in [0.1, 0.15) is 17.2 Å². The monoisotopic (exact) mass is 213 g/mol. The minimum atomic E-state index is -0.276. The molecular formula is C13H15N3. The van der Waals surface area contributed by atoms with Crippen molar-refractivity contribution in [3.05, 3.63) is 59.7 Å². The van der Waals surface area contributed by atoms with Gasteiger partial charge in [0.25, 0.3) is 0 Å². The maximum absolute atomic E-state index is 6.16. The lowest BCUT2D eigenvalue weighted by Crippen LogP contribution is -2.15. The SMILES string of the molecule is Nc1ccccc1C(N)c1ccccc1N. The highest BCUT2D eigenvalue weighted by molar-refractivity contribution is 5.56. The zero-order valence-corrected chi connectivity index (χ0v) is 8.93. The molecule has 0 bridgehead atoms. The Hall–Kier alpha value is -2.00. The third kappa shape index (κ3) is 1.85. The molecule has 0 heterocycles. The topological polar surface area (TPSA) is 78.1 Å². The largest absolute Gasteiger partial charge is 0.398 e. The Morgan fingerprint density at radius 3 is 1.44 bits per heavy atom. The molecule has 0 saturated heterocycles. The van der Waals surface area contributed by atoms with E-state index in [1.165, 1.54) is 0 Å². The molecule has 0 saturated carbocycles. The fourth-order valence-corrected chi connectivity index (χ4v) is 1.76. The van der Waals surface area contributed by atoms with Gasteiger partial charge in [0.1, 0.15) is 0 Å². The van der Waals surface area contributed by atoms with Gasteiger partial charge in [0.15, 0.2) is 0 Å². The Morgan fingerprint density at radius 2 is 1.06 bits per heavy atom. The molecule has 0 aliphatic carbocycles. The predicted molar refractivity (Wildman–Crippen MR) is 67.7 cm³/mol. The zero-order valence-electron chi connectivity index (χ0n) is 8.93. The number of benzene rings is 2. The summed E-state index contributed by atoms with van der Waals surface area (Å²) < 4.78 is 0. The first-order valence-electron chi connectivity index (χ1n) is 5.14. The summed E-state index contributed by atoms with van der Waals surface area (Å²) in [5, 5.41) is 0. The van der Waals surface area contributed by atoms with E-state index in [0.29, 0.717) is 11.4 Å². The van der Waals surface area contributed by atoms with E-state index in [1.807, 2.05) is 48.5 Å². The fourth-order valence-electron chi connectivity index (χ4n) is 1.76. The van der Waals surface area contributed by atoms with Crippen molar-refractivity contribution in [2.45, 2.75) is 6.04 Å². The molecule has 2 aromatic rings. The summed E-state index contributed by atoms with van der Waals surface area (Å²) in [4.78, 5) is 0. The van der Waals surface area contributed by atoms with Gasteiger partial charge in [-0.3, -0.25) is 0 Å². The summed E-state index contributed by atoms with van der Waals surface area (Å²) in [6, 6.07) is 14.9. The van der Waals surface area contributed by atoms with E-state index in [0.717, 1.165) is 11.1 Å². The molecule has 6 N–H and O–H groups in total. The van der Waals surface area contributed by atoms with Crippen LogP contribution in [0.3, 0.4) is 0 Å². The number of hydrogen-bond acceptors (Lipinski definition) is 3. The number of nitrogens with two attached hydrogens (primary N) is 3. The standard InChI is InChI=1S/C13H15N3/c14-11-7-3-1-5-9(11)13(16)10-6-2-4-8-12(10)15/h1-8,13H,14-16H2. The molecule has 0 aliphatic rings. The van der Waals surface area contributed by atoms with Crippen LogP contribution in [-0.2, 0) is 0 Å². The van der Waals surface area contributed by atoms with Gasteiger partial charge in [-0.1, -0.05) is 36.4 Å². The van der Waals surface area contributed by atoms with Crippen molar-refractivity contribution < 1.29 is 0 Å². The quantitative estimate of drug-likeness (QED) is 0.667. The van der Waals surface area contributed by atoms with Crippen LogP contribution in [-0.4, -0.2) is 0 Å². The van der Waals surface area contributed by atoms with E-state index in [4.69, 9.17) is 17.2 Å². The van der Waals surface area contributed by atoms with Gasteiger partial charge < -0.3 is 17.2 Å². The summed E-state index contributed by atoms with van der Waals surface area (Å²) in [7, 11) is 0. The maximum Gasteiger partial charge on any atom is 0.0592 e. The van der Waals surface area contributed by atoms with Gasteiger partial charge in [-0.15, -0.1) is 0 Å². The van der Waals surface area contributed by atoms with Crippen molar-refractivity contribution in [3.8, 4) is 0 Å². The second kappa shape index (κ2) is 4.24. The lowest BCUT2D eigenvalue weighted by Gasteiger charge is -2.16. The molecule has 3 nitrogen and oxygen atoms in total. The van der Waals surface area contributed by atoms with Crippen molar-refractivity contribution in [1.82, 2.24) is 0 Å². The molecule has 2 aromatic carbocycles. The van der Waals surface area contributed by atoms with E-state index in [2.05, 4.69) is 0 Å². The van der Waals surface area contributed by atoms with Crippen LogP contribution in [0.2, 0.25) is 0 Å². The van der Waals surface area contributed by atoms with E-state index in [1.54, 1.807) is 0 Å². The number of para-hydroxylation sites is 2. The highest BCUT2D eigenvalue weighted by atomic mass is 14.7. The van der Waals surface area contributed by atoms with Crippen molar-refractivity contribution in [3.63, 3.8) is 0 Å². The van der Waals surface area contributed by atoms with Crippen molar-refractivity contribution in [2.75, 3.05) is 11.5 Å². The van der Waals surface area contributed by atoms with E-state index >= 15 is 0 Å².